The first-order valence-corrected chi connectivity index (χ1v) is 14.5. The van der Waals surface area contributed by atoms with E-state index in [1.165, 1.54) is 0 Å². The number of ether oxygens (including phenoxy) is 3. The average molecular weight is 645 g/mol. The summed E-state index contributed by atoms with van der Waals surface area (Å²) >= 11 is 5.85. The van der Waals surface area contributed by atoms with E-state index in [2.05, 4.69) is 16.6 Å². The van der Waals surface area contributed by atoms with Gasteiger partial charge in [0.05, 0.1) is 37.9 Å². The van der Waals surface area contributed by atoms with Gasteiger partial charge in [-0.2, -0.15) is 0 Å². The van der Waals surface area contributed by atoms with Crippen LogP contribution in [0.2, 0.25) is 5.02 Å². The quantitative estimate of drug-likeness (QED) is 0.0651. The molecule has 2 amide bonds. The molecule has 15 heteroatoms. The number of carbonyl (C=O) groups is 3. The fourth-order valence-electron chi connectivity index (χ4n) is 4.49. The number of rotatable bonds is 19. The highest BCUT2D eigenvalue weighted by molar-refractivity contribution is 6.30. The molecule has 1 unspecified atom stereocenters. The van der Waals surface area contributed by atoms with Gasteiger partial charge < -0.3 is 55.5 Å². The number of benzene rings is 1. The van der Waals surface area contributed by atoms with Gasteiger partial charge in [-0.3, -0.25) is 9.59 Å². The van der Waals surface area contributed by atoms with Crippen LogP contribution in [0.3, 0.4) is 0 Å². The van der Waals surface area contributed by atoms with Crippen LogP contribution in [0.1, 0.15) is 37.7 Å². The van der Waals surface area contributed by atoms with E-state index in [0.717, 1.165) is 12.8 Å². The molecular formula is C29H41ClN2O12. The average Bonchev–Trinajstić information content (AvgIpc) is 3.00. The maximum atomic E-state index is 12.4. The number of halogens is 1. The highest BCUT2D eigenvalue weighted by Crippen LogP contribution is 2.34. The van der Waals surface area contributed by atoms with Crippen LogP contribution in [0.15, 0.2) is 24.3 Å². The van der Waals surface area contributed by atoms with Crippen molar-refractivity contribution in [2.24, 2.45) is 0 Å². The summed E-state index contributed by atoms with van der Waals surface area (Å²) in [6.07, 6.45) is -2.20. The second kappa shape index (κ2) is 18.8. The molecule has 44 heavy (non-hydrogen) atoms. The monoisotopic (exact) mass is 644 g/mol. The van der Waals surface area contributed by atoms with E-state index in [1.807, 2.05) is 0 Å². The minimum Gasteiger partial charge on any atom is -0.477 e. The zero-order valence-corrected chi connectivity index (χ0v) is 24.9. The summed E-state index contributed by atoms with van der Waals surface area (Å²) in [5, 5.41) is 66.7. The number of terminal acetylenes is 1. The molecule has 0 aliphatic carbocycles. The van der Waals surface area contributed by atoms with E-state index >= 15 is 0 Å². The molecular weight excluding hydrogens is 604 g/mol. The number of unbranched alkanes of at least 4 members (excludes halogenated alkanes) is 3. The van der Waals surface area contributed by atoms with Crippen LogP contribution in [0, 0.1) is 12.3 Å². The second-order valence-corrected chi connectivity index (χ2v) is 10.8. The number of carboxylic acid groups (broad SMARTS) is 1. The largest absolute Gasteiger partial charge is 0.477 e. The summed E-state index contributed by atoms with van der Waals surface area (Å²) in [5.41, 5.74) is 0.631. The molecule has 246 valence electrons. The van der Waals surface area contributed by atoms with Crippen molar-refractivity contribution in [1.82, 2.24) is 10.6 Å². The second-order valence-electron chi connectivity index (χ2n) is 10.3. The van der Waals surface area contributed by atoms with Crippen LogP contribution in [-0.4, -0.2) is 124 Å². The highest BCUT2D eigenvalue weighted by Gasteiger charge is 2.56. The number of hydrogen-bond acceptors (Lipinski definition) is 11. The zero-order chi connectivity index (χ0) is 32.7. The van der Waals surface area contributed by atoms with Gasteiger partial charge in [-0.1, -0.05) is 42.5 Å². The Morgan fingerprint density at radius 1 is 1.11 bits per heavy atom. The molecule has 0 saturated carbocycles. The maximum absolute atomic E-state index is 12.4. The lowest BCUT2D eigenvalue weighted by Crippen LogP contribution is -2.68. The molecule has 8 N–H and O–H groups in total. The number of nitrogens with one attached hydrogen (secondary N) is 2. The molecule has 1 aromatic carbocycles. The van der Waals surface area contributed by atoms with Crippen molar-refractivity contribution in [3.8, 4) is 12.3 Å². The first-order valence-electron chi connectivity index (χ1n) is 14.1. The topological polar surface area (TPSA) is 224 Å². The van der Waals surface area contributed by atoms with Crippen LogP contribution < -0.4 is 10.6 Å². The first-order chi connectivity index (χ1) is 20.9. The molecule has 7 atom stereocenters. The lowest BCUT2D eigenvalue weighted by molar-refractivity contribution is -0.310. The van der Waals surface area contributed by atoms with E-state index in [1.54, 1.807) is 24.3 Å². The summed E-state index contributed by atoms with van der Waals surface area (Å²) in [5.74, 6) is -3.37. The Balaban J connectivity index is 2.11. The van der Waals surface area contributed by atoms with Crippen molar-refractivity contribution in [2.45, 2.75) is 80.9 Å². The Labute approximate surface area is 260 Å². The number of amides is 2. The fraction of sp³-hybridized carbons (Fsp3) is 0.621. The Bertz CT molecular complexity index is 1100. The molecule has 1 fully saturated rings. The predicted molar refractivity (Wildman–Crippen MR) is 155 cm³/mol. The molecule has 1 aliphatic rings. The van der Waals surface area contributed by atoms with Crippen LogP contribution in [0.4, 0.5) is 0 Å². The van der Waals surface area contributed by atoms with Crippen molar-refractivity contribution >= 4 is 29.4 Å². The Morgan fingerprint density at radius 3 is 2.39 bits per heavy atom. The van der Waals surface area contributed by atoms with Gasteiger partial charge >= 0.3 is 5.97 Å². The van der Waals surface area contributed by atoms with E-state index in [0.29, 0.717) is 30.0 Å². The van der Waals surface area contributed by atoms with E-state index < -0.39 is 79.7 Å². The number of aliphatic carboxylic acids is 1. The zero-order valence-electron chi connectivity index (χ0n) is 24.1. The Morgan fingerprint density at radius 2 is 1.77 bits per heavy atom. The van der Waals surface area contributed by atoms with Gasteiger partial charge in [-0.15, -0.1) is 6.42 Å². The third-order valence-electron chi connectivity index (χ3n) is 6.90. The molecule has 1 aromatic rings. The van der Waals surface area contributed by atoms with Gasteiger partial charge in [0, 0.05) is 24.6 Å². The lowest BCUT2D eigenvalue weighted by Gasteiger charge is -2.46. The van der Waals surface area contributed by atoms with E-state index in [-0.39, 0.29) is 19.6 Å². The SMILES string of the molecule is C#CCOCCCCCCO[C@]1(C(=O)O)C[C@H](O)[C@@H](NC(=O)C(O)CO)[C@H]([C@H](O)[C@H](O)CNC(=O)Cc2ccc(Cl)cc2)O1. The normalized spacial score (nSPS) is 23.6. The fourth-order valence-corrected chi connectivity index (χ4v) is 4.62. The molecule has 0 spiro atoms. The summed E-state index contributed by atoms with van der Waals surface area (Å²) in [6.45, 7) is -0.877. The van der Waals surface area contributed by atoms with Crippen molar-refractivity contribution in [3.05, 3.63) is 34.9 Å². The van der Waals surface area contributed by atoms with E-state index in [9.17, 15) is 39.9 Å². The van der Waals surface area contributed by atoms with Crippen molar-refractivity contribution in [2.75, 3.05) is 33.0 Å². The molecule has 0 radical (unpaired) electrons. The Kier molecular flexibility index (Phi) is 16.0. The molecule has 14 nitrogen and oxygen atoms in total. The van der Waals surface area contributed by atoms with Gasteiger partial charge in [-0.05, 0) is 30.5 Å². The van der Waals surface area contributed by atoms with Gasteiger partial charge in [0.15, 0.2) is 6.10 Å². The van der Waals surface area contributed by atoms with Crippen LogP contribution in [-0.2, 0) is 35.0 Å². The molecule has 1 heterocycles. The number of carboxylic acids is 1. The van der Waals surface area contributed by atoms with Crippen LogP contribution >= 0.6 is 11.6 Å². The van der Waals surface area contributed by atoms with Crippen LogP contribution in [0.5, 0.6) is 0 Å². The third kappa shape index (κ3) is 11.6. The molecule has 0 aromatic heterocycles. The summed E-state index contributed by atoms with van der Waals surface area (Å²) in [6, 6.07) is 4.94. The number of hydrogen-bond donors (Lipinski definition) is 8. The Hall–Kier alpha value is -2.84. The van der Waals surface area contributed by atoms with Gasteiger partial charge in [0.25, 0.3) is 11.7 Å². The molecule has 1 saturated heterocycles. The summed E-state index contributed by atoms with van der Waals surface area (Å²) in [7, 11) is 0. The standard InChI is InChI=1S/C29H41ClN2O12/c1-2-11-42-12-5-3-4-6-13-43-29(28(40)41)15-20(34)24(32-27(39)22(36)17-33)26(44-29)25(38)21(35)16-31-23(37)14-18-7-9-19(30)10-8-18/h1,7-10,20-22,24-26,33-36,38H,3-6,11-17H2,(H,31,37)(H,32,39)(H,40,41)/t20-,21+,22?,24+,25+,26+,29+/m0/s1. The minimum atomic E-state index is -2.46. The van der Waals surface area contributed by atoms with Crippen molar-refractivity contribution in [1.29, 1.82) is 0 Å². The van der Waals surface area contributed by atoms with Gasteiger partial charge in [0.2, 0.25) is 5.91 Å². The van der Waals surface area contributed by atoms with Crippen molar-refractivity contribution < 1.29 is 59.2 Å². The number of carbonyl (C=O) groups excluding carboxylic acids is 2. The third-order valence-corrected chi connectivity index (χ3v) is 7.16. The maximum Gasteiger partial charge on any atom is 0.364 e. The van der Waals surface area contributed by atoms with Gasteiger partial charge in [-0.25, -0.2) is 4.79 Å². The molecule has 2 rings (SSSR count). The lowest BCUT2D eigenvalue weighted by atomic mass is 9.88. The molecule has 0 bridgehead atoms. The number of aliphatic hydroxyl groups is 5. The first kappa shape index (κ1) is 37.3. The minimum absolute atomic E-state index is 0.0652. The summed E-state index contributed by atoms with van der Waals surface area (Å²) < 4.78 is 16.5. The summed E-state index contributed by atoms with van der Waals surface area (Å²) in [4.78, 5) is 37.1. The molecule has 1 aliphatic heterocycles. The van der Waals surface area contributed by atoms with Gasteiger partial charge in [0.1, 0.15) is 18.8 Å². The van der Waals surface area contributed by atoms with E-state index in [4.69, 9.17) is 37.3 Å². The van der Waals surface area contributed by atoms with Crippen LogP contribution in [0.25, 0.3) is 0 Å². The number of aliphatic hydroxyl groups excluding tert-OH is 5. The highest BCUT2D eigenvalue weighted by atomic mass is 35.5. The predicted octanol–water partition coefficient (Wildman–Crippen LogP) is -1.28. The van der Waals surface area contributed by atoms with Crippen molar-refractivity contribution in [3.63, 3.8) is 0 Å². The smallest absolute Gasteiger partial charge is 0.364 e.